The largest absolute Gasteiger partial charge is 0.369 e. The molecule has 0 saturated carbocycles. The Morgan fingerprint density at radius 1 is 0.906 bits per heavy atom. The van der Waals surface area contributed by atoms with E-state index in [9.17, 15) is 8.42 Å². The normalized spacial score (nSPS) is 16.1. The fourth-order valence-electron chi connectivity index (χ4n) is 4.09. The number of rotatable bonds is 7. The van der Waals surface area contributed by atoms with Gasteiger partial charge in [-0.2, -0.15) is 0 Å². The maximum atomic E-state index is 12.9. The van der Waals surface area contributed by atoms with Crippen LogP contribution in [0.4, 0.5) is 5.69 Å². The van der Waals surface area contributed by atoms with Crippen molar-refractivity contribution in [2.75, 3.05) is 37.6 Å². The summed E-state index contributed by atoms with van der Waals surface area (Å²) in [5.74, 6) is 0. The SMILES string of the molecule is Cc1ccc(S(=O)(=O)NC[C@@H](c2ccccc2)N2CCN(c3cccc(Cl)c3)CC2)cc1. The van der Waals surface area contributed by atoms with Crippen molar-refractivity contribution < 1.29 is 8.42 Å². The molecule has 1 N–H and O–H groups in total. The number of benzene rings is 3. The fraction of sp³-hybridized carbons (Fsp3) is 0.280. The predicted molar refractivity (Wildman–Crippen MR) is 131 cm³/mol. The number of piperazine rings is 1. The molecule has 32 heavy (non-hydrogen) atoms. The predicted octanol–water partition coefficient (Wildman–Crippen LogP) is 4.49. The summed E-state index contributed by atoms with van der Waals surface area (Å²) >= 11 is 6.16. The summed E-state index contributed by atoms with van der Waals surface area (Å²) in [6, 6.07) is 24.9. The van der Waals surface area contributed by atoms with E-state index in [-0.39, 0.29) is 6.04 Å². The van der Waals surface area contributed by atoms with Gasteiger partial charge in [0.05, 0.1) is 4.90 Å². The first-order valence-corrected chi connectivity index (χ1v) is 12.6. The van der Waals surface area contributed by atoms with Crippen LogP contribution in [0.2, 0.25) is 5.02 Å². The van der Waals surface area contributed by atoms with E-state index in [4.69, 9.17) is 11.6 Å². The van der Waals surface area contributed by atoms with Gasteiger partial charge in [-0.25, -0.2) is 13.1 Å². The summed E-state index contributed by atoms with van der Waals surface area (Å²) in [7, 11) is -3.58. The first-order chi connectivity index (χ1) is 15.4. The first kappa shape index (κ1) is 22.8. The summed E-state index contributed by atoms with van der Waals surface area (Å²) in [5.41, 5.74) is 3.26. The van der Waals surface area contributed by atoms with Crippen LogP contribution in [-0.4, -0.2) is 46.0 Å². The summed E-state index contributed by atoms with van der Waals surface area (Å²) in [6.45, 7) is 5.63. The minimum atomic E-state index is -3.58. The van der Waals surface area contributed by atoms with Gasteiger partial charge in [0.15, 0.2) is 0 Å². The van der Waals surface area contributed by atoms with Crippen molar-refractivity contribution in [3.8, 4) is 0 Å². The van der Waals surface area contributed by atoms with Crippen LogP contribution < -0.4 is 9.62 Å². The van der Waals surface area contributed by atoms with Crippen LogP contribution >= 0.6 is 11.6 Å². The van der Waals surface area contributed by atoms with E-state index in [2.05, 4.69) is 32.7 Å². The number of halogens is 1. The summed E-state index contributed by atoms with van der Waals surface area (Å²) in [5, 5.41) is 0.734. The van der Waals surface area contributed by atoms with Crippen LogP contribution in [0.15, 0.2) is 83.8 Å². The average molecular weight is 470 g/mol. The van der Waals surface area contributed by atoms with Gasteiger partial charge in [0.25, 0.3) is 0 Å². The van der Waals surface area contributed by atoms with Crippen molar-refractivity contribution in [1.82, 2.24) is 9.62 Å². The molecular weight excluding hydrogens is 442 g/mol. The zero-order chi connectivity index (χ0) is 22.6. The van der Waals surface area contributed by atoms with Crippen LogP contribution in [-0.2, 0) is 10.0 Å². The summed E-state index contributed by atoms with van der Waals surface area (Å²) in [6.07, 6.45) is 0. The van der Waals surface area contributed by atoms with Gasteiger partial charge >= 0.3 is 0 Å². The van der Waals surface area contributed by atoms with Crippen molar-refractivity contribution in [1.29, 1.82) is 0 Å². The third-order valence-electron chi connectivity index (χ3n) is 5.91. The zero-order valence-electron chi connectivity index (χ0n) is 18.1. The number of nitrogens with one attached hydrogen (secondary N) is 1. The van der Waals surface area contributed by atoms with Gasteiger partial charge in [0, 0.05) is 49.5 Å². The van der Waals surface area contributed by atoms with E-state index in [0.717, 1.165) is 48.0 Å². The number of hydrogen-bond acceptors (Lipinski definition) is 4. The molecule has 0 aliphatic carbocycles. The Morgan fingerprint density at radius 3 is 2.25 bits per heavy atom. The smallest absolute Gasteiger partial charge is 0.240 e. The Labute approximate surface area is 195 Å². The summed E-state index contributed by atoms with van der Waals surface area (Å²) < 4.78 is 28.6. The Kier molecular flexibility index (Phi) is 7.16. The van der Waals surface area contributed by atoms with E-state index >= 15 is 0 Å². The lowest BCUT2D eigenvalue weighted by atomic mass is 10.0. The van der Waals surface area contributed by atoms with Crippen molar-refractivity contribution in [3.63, 3.8) is 0 Å². The standard InChI is InChI=1S/C25H28ClN3O2S/c1-20-10-12-24(13-11-20)32(30,31)27-19-25(21-6-3-2-4-7-21)29-16-14-28(15-17-29)23-9-5-8-22(26)18-23/h2-13,18,25,27H,14-17,19H2,1H3/t25-/m0/s1. The lowest BCUT2D eigenvalue weighted by Crippen LogP contribution is -2.49. The minimum absolute atomic E-state index is 0.0436. The number of anilines is 1. The van der Waals surface area contributed by atoms with E-state index in [0.29, 0.717) is 11.4 Å². The van der Waals surface area contributed by atoms with Gasteiger partial charge in [0.2, 0.25) is 10.0 Å². The molecule has 0 unspecified atom stereocenters. The zero-order valence-corrected chi connectivity index (χ0v) is 19.7. The molecule has 0 radical (unpaired) electrons. The molecule has 1 fully saturated rings. The Morgan fingerprint density at radius 2 is 1.59 bits per heavy atom. The Bertz CT molecular complexity index is 1130. The third kappa shape index (κ3) is 5.51. The van der Waals surface area contributed by atoms with Crippen LogP contribution in [0.5, 0.6) is 0 Å². The van der Waals surface area contributed by atoms with Crippen LogP contribution in [0.3, 0.4) is 0 Å². The van der Waals surface area contributed by atoms with Gasteiger partial charge in [-0.3, -0.25) is 4.90 Å². The fourth-order valence-corrected chi connectivity index (χ4v) is 5.31. The quantitative estimate of drug-likeness (QED) is 0.554. The molecule has 3 aromatic carbocycles. The molecule has 0 spiro atoms. The Balaban J connectivity index is 1.48. The molecule has 4 rings (SSSR count). The van der Waals surface area contributed by atoms with Crippen LogP contribution in [0.25, 0.3) is 0 Å². The first-order valence-electron chi connectivity index (χ1n) is 10.8. The van der Waals surface area contributed by atoms with Gasteiger partial charge in [-0.05, 0) is 42.8 Å². The van der Waals surface area contributed by atoms with Crippen molar-refractivity contribution in [2.45, 2.75) is 17.9 Å². The maximum absolute atomic E-state index is 12.9. The molecular formula is C25H28ClN3O2S. The average Bonchev–Trinajstić information content (AvgIpc) is 2.80. The van der Waals surface area contributed by atoms with E-state index in [1.165, 1.54) is 0 Å². The number of hydrogen-bond donors (Lipinski definition) is 1. The second-order valence-corrected chi connectivity index (χ2v) is 10.3. The van der Waals surface area contributed by atoms with E-state index < -0.39 is 10.0 Å². The molecule has 5 nitrogen and oxygen atoms in total. The van der Waals surface area contributed by atoms with Gasteiger partial charge in [-0.1, -0.05) is 65.7 Å². The van der Waals surface area contributed by atoms with Crippen molar-refractivity contribution in [2.24, 2.45) is 0 Å². The highest BCUT2D eigenvalue weighted by molar-refractivity contribution is 7.89. The minimum Gasteiger partial charge on any atom is -0.369 e. The summed E-state index contributed by atoms with van der Waals surface area (Å²) in [4.78, 5) is 4.97. The number of aryl methyl sites for hydroxylation is 1. The van der Waals surface area contributed by atoms with Gasteiger partial charge in [0.1, 0.15) is 0 Å². The molecule has 0 amide bonds. The van der Waals surface area contributed by atoms with Gasteiger partial charge < -0.3 is 4.90 Å². The molecule has 1 heterocycles. The molecule has 0 bridgehead atoms. The number of nitrogens with zero attached hydrogens (tertiary/aromatic N) is 2. The van der Waals surface area contributed by atoms with Crippen LogP contribution in [0.1, 0.15) is 17.2 Å². The maximum Gasteiger partial charge on any atom is 0.240 e. The van der Waals surface area contributed by atoms with E-state index in [1.807, 2.05) is 55.5 Å². The molecule has 1 saturated heterocycles. The highest BCUT2D eigenvalue weighted by Gasteiger charge is 2.27. The van der Waals surface area contributed by atoms with Crippen molar-refractivity contribution >= 4 is 27.3 Å². The van der Waals surface area contributed by atoms with Crippen LogP contribution in [0, 0.1) is 6.92 Å². The second-order valence-electron chi connectivity index (χ2n) is 8.09. The molecule has 1 aliphatic heterocycles. The van der Waals surface area contributed by atoms with Crippen molar-refractivity contribution in [3.05, 3.63) is 95.0 Å². The molecule has 0 aromatic heterocycles. The molecule has 1 atom stereocenters. The third-order valence-corrected chi connectivity index (χ3v) is 7.59. The Hall–Kier alpha value is -2.38. The van der Waals surface area contributed by atoms with E-state index in [1.54, 1.807) is 12.1 Å². The topological polar surface area (TPSA) is 52.7 Å². The highest BCUT2D eigenvalue weighted by Crippen LogP contribution is 2.26. The number of sulfonamides is 1. The molecule has 168 valence electrons. The molecule has 7 heteroatoms. The highest BCUT2D eigenvalue weighted by atomic mass is 35.5. The monoisotopic (exact) mass is 469 g/mol. The lowest BCUT2D eigenvalue weighted by Gasteiger charge is -2.40. The second kappa shape index (κ2) is 10.0. The lowest BCUT2D eigenvalue weighted by molar-refractivity contribution is 0.187. The molecule has 3 aromatic rings. The molecule has 1 aliphatic rings. The van der Waals surface area contributed by atoms with Gasteiger partial charge in [-0.15, -0.1) is 0 Å².